The molecule has 0 aromatic heterocycles. The zero-order valence-electron chi connectivity index (χ0n) is 12.0. The van der Waals surface area contributed by atoms with E-state index in [0.29, 0.717) is 11.1 Å². The van der Waals surface area contributed by atoms with Crippen LogP contribution in [0.15, 0.2) is 65.8 Å². The summed E-state index contributed by atoms with van der Waals surface area (Å²) in [6, 6.07) is 16.1. The number of hydrogen-bond donors (Lipinski definition) is 2. The number of halogens is 1. The van der Waals surface area contributed by atoms with Crippen molar-refractivity contribution in [2.75, 3.05) is 0 Å². The molecule has 0 aliphatic heterocycles. The maximum atomic E-state index is 12.8. The Morgan fingerprint density at radius 3 is 2.57 bits per heavy atom. The Labute approximate surface area is 131 Å². The third-order valence-corrected chi connectivity index (χ3v) is 3.41. The van der Waals surface area contributed by atoms with E-state index in [-0.39, 0.29) is 5.75 Å². The van der Waals surface area contributed by atoms with Gasteiger partial charge < -0.3 is 5.11 Å². The second kappa shape index (κ2) is 6.27. The number of carbonyl (C=O) groups is 1. The molecule has 0 spiro atoms. The standard InChI is InChI=1S/C18H13FN2O2/c19-14-8-5-13(6-9-14)18(23)21-20-11-16-15-4-2-1-3-12(15)7-10-17(16)22/h1-11,22H,(H,21,23)/b20-11+. The van der Waals surface area contributed by atoms with Crippen LogP contribution in [0.5, 0.6) is 5.75 Å². The number of hydrazone groups is 1. The number of phenols is 1. The highest BCUT2D eigenvalue weighted by atomic mass is 19.1. The lowest BCUT2D eigenvalue weighted by Crippen LogP contribution is -2.17. The van der Waals surface area contributed by atoms with Crippen LogP contribution in [-0.2, 0) is 0 Å². The van der Waals surface area contributed by atoms with E-state index >= 15 is 0 Å². The van der Waals surface area contributed by atoms with Crippen molar-refractivity contribution in [1.82, 2.24) is 5.43 Å². The fourth-order valence-corrected chi connectivity index (χ4v) is 2.24. The molecule has 3 aromatic rings. The summed E-state index contributed by atoms with van der Waals surface area (Å²) < 4.78 is 12.8. The van der Waals surface area contributed by atoms with Gasteiger partial charge in [-0.15, -0.1) is 0 Å². The van der Waals surface area contributed by atoms with Gasteiger partial charge in [0.15, 0.2) is 0 Å². The van der Waals surface area contributed by atoms with E-state index in [0.717, 1.165) is 10.8 Å². The highest BCUT2D eigenvalue weighted by molar-refractivity contribution is 6.03. The van der Waals surface area contributed by atoms with E-state index in [2.05, 4.69) is 10.5 Å². The molecule has 5 heteroatoms. The number of phenolic OH excluding ortho intramolecular Hbond substituents is 1. The van der Waals surface area contributed by atoms with Gasteiger partial charge in [0, 0.05) is 11.1 Å². The Hall–Kier alpha value is -3.21. The molecule has 0 fully saturated rings. The van der Waals surface area contributed by atoms with E-state index in [4.69, 9.17) is 0 Å². The predicted octanol–water partition coefficient (Wildman–Crippen LogP) is 3.45. The molecule has 0 saturated carbocycles. The second-order valence-corrected chi connectivity index (χ2v) is 4.93. The van der Waals surface area contributed by atoms with E-state index < -0.39 is 11.7 Å². The number of nitrogens with zero attached hydrogens (tertiary/aromatic N) is 1. The summed E-state index contributed by atoms with van der Waals surface area (Å²) in [6.45, 7) is 0. The van der Waals surface area contributed by atoms with Crippen molar-refractivity contribution in [3.63, 3.8) is 0 Å². The largest absolute Gasteiger partial charge is 0.507 e. The number of benzene rings is 3. The summed E-state index contributed by atoms with van der Waals surface area (Å²) in [6.07, 6.45) is 1.39. The zero-order valence-corrected chi connectivity index (χ0v) is 12.0. The summed E-state index contributed by atoms with van der Waals surface area (Å²) in [4.78, 5) is 11.9. The van der Waals surface area contributed by atoms with Crippen LogP contribution in [-0.4, -0.2) is 17.2 Å². The first kappa shape index (κ1) is 14.7. The third-order valence-electron chi connectivity index (χ3n) is 3.41. The van der Waals surface area contributed by atoms with E-state index in [9.17, 15) is 14.3 Å². The number of hydrogen-bond acceptors (Lipinski definition) is 3. The maximum Gasteiger partial charge on any atom is 0.271 e. The van der Waals surface area contributed by atoms with Gasteiger partial charge in [-0.05, 0) is 41.1 Å². The third kappa shape index (κ3) is 3.18. The van der Waals surface area contributed by atoms with Gasteiger partial charge in [0.25, 0.3) is 5.91 Å². The highest BCUT2D eigenvalue weighted by Gasteiger charge is 2.06. The molecule has 2 N–H and O–H groups in total. The highest BCUT2D eigenvalue weighted by Crippen LogP contribution is 2.25. The average molecular weight is 308 g/mol. The minimum Gasteiger partial charge on any atom is -0.507 e. The van der Waals surface area contributed by atoms with Crippen LogP contribution in [0, 0.1) is 5.82 Å². The molecule has 0 heterocycles. The molecule has 0 radical (unpaired) electrons. The van der Waals surface area contributed by atoms with Gasteiger partial charge in [-0.3, -0.25) is 4.79 Å². The second-order valence-electron chi connectivity index (χ2n) is 4.93. The monoisotopic (exact) mass is 308 g/mol. The summed E-state index contributed by atoms with van der Waals surface area (Å²) in [5, 5.41) is 15.6. The van der Waals surface area contributed by atoms with E-state index in [1.807, 2.05) is 24.3 Å². The Morgan fingerprint density at radius 1 is 1.04 bits per heavy atom. The molecule has 0 bridgehead atoms. The van der Waals surface area contributed by atoms with Gasteiger partial charge in [-0.25, -0.2) is 9.82 Å². The lowest BCUT2D eigenvalue weighted by Gasteiger charge is -2.05. The molecule has 4 nitrogen and oxygen atoms in total. The molecule has 1 amide bonds. The van der Waals surface area contributed by atoms with E-state index in [1.165, 1.54) is 30.5 Å². The smallest absolute Gasteiger partial charge is 0.271 e. The van der Waals surface area contributed by atoms with E-state index in [1.54, 1.807) is 12.1 Å². The maximum absolute atomic E-state index is 12.8. The quantitative estimate of drug-likeness (QED) is 0.575. The Morgan fingerprint density at radius 2 is 1.78 bits per heavy atom. The van der Waals surface area contributed by atoms with Gasteiger partial charge >= 0.3 is 0 Å². The van der Waals surface area contributed by atoms with Crippen LogP contribution in [0.1, 0.15) is 15.9 Å². The molecule has 0 saturated heterocycles. The van der Waals surface area contributed by atoms with Crippen LogP contribution in [0.4, 0.5) is 4.39 Å². The Balaban J connectivity index is 1.82. The summed E-state index contributed by atoms with van der Waals surface area (Å²) >= 11 is 0. The topological polar surface area (TPSA) is 61.7 Å². The van der Waals surface area contributed by atoms with Crippen LogP contribution in [0.3, 0.4) is 0 Å². The Bertz CT molecular complexity index is 889. The number of carbonyl (C=O) groups excluding carboxylic acids is 1. The van der Waals surface area contributed by atoms with Crippen LogP contribution < -0.4 is 5.43 Å². The van der Waals surface area contributed by atoms with Gasteiger partial charge in [-0.1, -0.05) is 30.3 Å². The fourth-order valence-electron chi connectivity index (χ4n) is 2.24. The lowest BCUT2D eigenvalue weighted by molar-refractivity contribution is 0.0955. The van der Waals surface area contributed by atoms with Crippen molar-refractivity contribution in [2.24, 2.45) is 5.10 Å². The minimum atomic E-state index is -0.457. The van der Waals surface area contributed by atoms with Crippen molar-refractivity contribution >= 4 is 22.9 Å². The van der Waals surface area contributed by atoms with Crippen molar-refractivity contribution < 1.29 is 14.3 Å². The summed E-state index contributed by atoms with van der Waals surface area (Å²) in [5.74, 6) is -0.796. The average Bonchev–Trinajstić information content (AvgIpc) is 2.57. The molecule has 114 valence electrons. The molecule has 0 atom stereocenters. The van der Waals surface area contributed by atoms with Crippen molar-refractivity contribution in [1.29, 1.82) is 0 Å². The molecule has 0 aliphatic carbocycles. The van der Waals surface area contributed by atoms with Crippen LogP contribution >= 0.6 is 0 Å². The number of rotatable bonds is 3. The molecule has 23 heavy (non-hydrogen) atoms. The van der Waals surface area contributed by atoms with Gasteiger partial charge in [0.2, 0.25) is 0 Å². The van der Waals surface area contributed by atoms with Crippen molar-refractivity contribution in [2.45, 2.75) is 0 Å². The SMILES string of the molecule is O=C(N/N=C/c1c(O)ccc2ccccc12)c1ccc(F)cc1. The minimum absolute atomic E-state index is 0.0727. The number of aromatic hydroxyl groups is 1. The normalized spacial score (nSPS) is 11.0. The first-order valence-electron chi connectivity index (χ1n) is 6.95. The first-order valence-corrected chi connectivity index (χ1v) is 6.95. The molecule has 0 unspecified atom stereocenters. The predicted molar refractivity (Wildman–Crippen MR) is 87.1 cm³/mol. The van der Waals surface area contributed by atoms with Crippen LogP contribution in [0.25, 0.3) is 10.8 Å². The molecule has 3 rings (SSSR count). The Kier molecular flexibility index (Phi) is 4.01. The molecule has 0 aliphatic rings. The first-order chi connectivity index (χ1) is 11.1. The fraction of sp³-hybridized carbons (Fsp3) is 0. The number of amides is 1. The van der Waals surface area contributed by atoms with Gasteiger partial charge in [0.05, 0.1) is 6.21 Å². The number of fused-ring (bicyclic) bond motifs is 1. The zero-order chi connectivity index (χ0) is 16.2. The lowest BCUT2D eigenvalue weighted by atomic mass is 10.0. The van der Waals surface area contributed by atoms with Crippen LogP contribution in [0.2, 0.25) is 0 Å². The summed E-state index contributed by atoms with van der Waals surface area (Å²) in [5.41, 5.74) is 3.17. The molecule has 3 aromatic carbocycles. The molecular formula is C18H13FN2O2. The van der Waals surface area contributed by atoms with Crippen molar-refractivity contribution in [3.05, 3.63) is 77.6 Å². The number of nitrogens with one attached hydrogen (secondary N) is 1. The van der Waals surface area contributed by atoms with Gasteiger partial charge in [-0.2, -0.15) is 5.10 Å². The van der Waals surface area contributed by atoms with Crippen molar-refractivity contribution in [3.8, 4) is 5.75 Å². The van der Waals surface area contributed by atoms with Gasteiger partial charge in [0.1, 0.15) is 11.6 Å². The molecular weight excluding hydrogens is 295 g/mol. The summed E-state index contributed by atoms with van der Waals surface area (Å²) in [7, 11) is 0.